The van der Waals surface area contributed by atoms with Gasteiger partial charge in [-0.1, -0.05) is 25.1 Å². The van der Waals surface area contributed by atoms with Gasteiger partial charge in [0.05, 0.1) is 0 Å². The predicted molar refractivity (Wildman–Crippen MR) is 68.1 cm³/mol. The van der Waals surface area contributed by atoms with E-state index < -0.39 is 0 Å². The van der Waals surface area contributed by atoms with Crippen molar-refractivity contribution in [2.75, 3.05) is 0 Å². The molecule has 0 aliphatic rings. The molecule has 0 amide bonds. The van der Waals surface area contributed by atoms with Crippen LogP contribution in [-0.2, 0) is 6.42 Å². The van der Waals surface area contributed by atoms with Gasteiger partial charge in [0.15, 0.2) is 5.78 Å². The van der Waals surface area contributed by atoms with Crippen LogP contribution < -0.4 is 0 Å². The van der Waals surface area contributed by atoms with E-state index in [2.05, 4.69) is 4.98 Å². The monoisotopic (exact) mass is 225 g/mol. The van der Waals surface area contributed by atoms with Crippen LogP contribution in [0.2, 0.25) is 0 Å². The summed E-state index contributed by atoms with van der Waals surface area (Å²) in [5.41, 5.74) is 3.18. The normalized spacial score (nSPS) is 10.2. The molecule has 2 rings (SSSR count). The summed E-state index contributed by atoms with van der Waals surface area (Å²) in [6, 6.07) is 11.8. The lowest BCUT2D eigenvalue weighted by molar-refractivity contribution is 0.0988. The van der Waals surface area contributed by atoms with E-state index >= 15 is 0 Å². The van der Waals surface area contributed by atoms with Gasteiger partial charge in [-0.2, -0.15) is 0 Å². The maximum atomic E-state index is 11.6. The highest BCUT2D eigenvalue weighted by Gasteiger charge is 2.03. The van der Waals surface area contributed by atoms with Crippen LogP contribution in [0.4, 0.5) is 0 Å². The van der Waals surface area contributed by atoms with E-state index in [0.29, 0.717) is 6.42 Å². The molecule has 1 aromatic heterocycles. The Hall–Kier alpha value is -1.96. The number of benzene rings is 1. The van der Waals surface area contributed by atoms with Gasteiger partial charge in [0.1, 0.15) is 0 Å². The molecule has 17 heavy (non-hydrogen) atoms. The minimum atomic E-state index is 0.196. The summed E-state index contributed by atoms with van der Waals surface area (Å²) in [4.78, 5) is 15.6. The van der Waals surface area contributed by atoms with E-state index in [1.165, 1.54) is 5.56 Å². The van der Waals surface area contributed by atoms with Gasteiger partial charge in [-0.25, -0.2) is 0 Å². The lowest BCUT2D eigenvalue weighted by Gasteiger charge is -2.04. The number of carbonyl (C=O) groups is 1. The largest absolute Gasteiger partial charge is 0.294 e. The maximum absolute atomic E-state index is 11.6. The van der Waals surface area contributed by atoms with Crippen molar-refractivity contribution < 1.29 is 4.79 Å². The fraction of sp³-hybridized carbons (Fsp3) is 0.200. The number of nitrogens with zero attached hydrogens (tertiary/aromatic N) is 1. The molecule has 0 aliphatic carbocycles. The van der Waals surface area contributed by atoms with Crippen LogP contribution in [0.15, 0.2) is 48.8 Å². The summed E-state index contributed by atoms with van der Waals surface area (Å²) in [7, 11) is 0. The van der Waals surface area contributed by atoms with Gasteiger partial charge < -0.3 is 0 Å². The first-order valence-electron chi connectivity index (χ1n) is 5.80. The molecule has 0 N–H and O–H groups in total. The first-order chi connectivity index (χ1) is 8.29. The van der Waals surface area contributed by atoms with Crippen LogP contribution in [0.5, 0.6) is 0 Å². The lowest BCUT2D eigenvalue weighted by atomic mass is 10.0. The highest BCUT2D eigenvalue weighted by molar-refractivity contribution is 5.95. The Morgan fingerprint density at radius 2 is 1.88 bits per heavy atom. The van der Waals surface area contributed by atoms with Crippen molar-refractivity contribution in [3.05, 3.63) is 65.5 Å². The van der Waals surface area contributed by atoms with E-state index in [0.717, 1.165) is 17.5 Å². The Bertz CT molecular complexity index is 505. The van der Waals surface area contributed by atoms with Crippen LogP contribution in [0.25, 0.3) is 0 Å². The molecule has 0 fully saturated rings. The van der Waals surface area contributed by atoms with Gasteiger partial charge >= 0.3 is 0 Å². The molecule has 2 nitrogen and oxygen atoms in total. The zero-order valence-corrected chi connectivity index (χ0v) is 9.89. The van der Waals surface area contributed by atoms with Crippen LogP contribution in [0, 0.1) is 0 Å². The molecule has 0 radical (unpaired) electrons. The third-order valence-electron chi connectivity index (χ3n) is 2.73. The number of hydrogen-bond acceptors (Lipinski definition) is 2. The van der Waals surface area contributed by atoms with Crippen LogP contribution >= 0.6 is 0 Å². The zero-order valence-electron chi connectivity index (χ0n) is 9.89. The Labute approximate surface area is 101 Å². The number of ketones is 1. The topological polar surface area (TPSA) is 30.0 Å². The molecule has 0 atom stereocenters. The second kappa shape index (κ2) is 5.39. The Kier molecular flexibility index (Phi) is 3.66. The summed E-state index contributed by atoms with van der Waals surface area (Å²) in [6.07, 6.45) is 4.97. The molecular weight excluding hydrogens is 210 g/mol. The molecule has 2 heteroatoms. The lowest BCUT2D eigenvalue weighted by Crippen LogP contribution is -1.98. The van der Waals surface area contributed by atoms with Gasteiger partial charge in [0, 0.05) is 24.4 Å². The number of aromatic nitrogens is 1. The number of Topliss-reactive ketones (excluding diaryl/α,β-unsaturated/α-hetero) is 1. The molecule has 2 aromatic rings. The molecule has 1 heterocycles. The average molecular weight is 225 g/mol. The average Bonchev–Trinajstić information content (AvgIpc) is 2.39. The number of hydrogen-bond donors (Lipinski definition) is 0. The third kappa shape index (κ3) is 3.00. The molecular formula is C15H15NO. The summed E-state index contributed by atoms with van der Waals surface area (Å²) in [6.45, 7) is 1.89. The molecule has 0 bridgehead atoms. The van der Waals surface area contributed by atoms with Gasteiger partial charge in [0.2, 0.25) is 0 Å². The van der Waals surface area contributed by atoms with E-state index in [9.17, 15) is 4.79 Å². The van der Waals surface area contributed by atoms with Gasteiger partial charge in [-0.3, -0.25) is 9.78 Å². The smallest absolute Gasteiger partial charge is 0.162 e. The highest BCUT2D eigenvalue weighted by Crippen LogP contribution is 2.12. The summed E-state index contributed by atoms with van der Waals surface area (Å²) >= 11 is 0. The fourth-order valence-electron chi connectivity index (χ4n) is 1.80. The van der Waals surface area contributed by atoms with Crippen molar-refractivity contribution in [1.29, 1.82) is 0 Å². The standard InChI is InChI=1S/C15H15NO/c1-2-15(17)14-5-3-4-13(11-14)10-12-6-8-16-9-7-12/h3-9,11H,2,10H2,1H3. The molecule has 0 unspecified atom stereocenters. The fourth-order valence-corrected chi connectivity index (χ4v) is 1.80. The second-order valence-electron chi connectivity index (χ2n) is 4.01. The minimum absolute atomic E-state index is 0.196. The van der Waals surface area contributed by atoms with E-state index in [-0.39, 0.29) is 5.78 Å². The zero-order chi connectivity index (χ0) is 12.1. The molecule has 0 saturated heterocycles. The van der Waals surface area contributed by atoms with Crippen LogP contribution in [-0.4, -0.2) is 10.8 Å². The van der Waals surface area contributed by atoms with Crippen molar-refractivity contribution >= 4 is 5.78 Å². The Balaban J connectivity index is 2.20. The van der Waals surface area contributed by atoms with Crippen molar-refractivity contribution in [2.45, 2.75) is 19.8 Å². The number of pyridine rings is 1. The highest BCUT2D eigenvalue weighted by atomic mass is 16.1. The van der Waals surface area contributed by atoms with Gasteiger partial charge in [-0.05, 0) is 35.7 Å². The van der Waals surface area contributed by atoms with Crippen molar-refractivity contribution in [2.24, 2.45) is 0 Å². The number of rotatable bonds is 4. The van der Waals surface area contributed by atoms with Crippen LogP contribution in [0.3, 0.4) is 0 Å². The SMILES string of the molecule is CCC(=O)c1cccc(Cc2ccncc2)c1. The Morgan fingerprint density at radius 3 is 2.59 bits per heavy atom. The Morgan fingerprint density at radius 1 is 1.12 bits per heavy atom. The first-order valence-corrected chi connectivity index (χ1v) is 5.80. The summed E-state index contributed by atoms with van der Waals surface area (Å²) in [5, 5.41) is 0. The second-order valence-corrected chi connectivity index (χ2v) is 4.01. The predicted octanol–water partition coefficient (Wildman–Crippen LogP) is 3.27. The van der Waals surface area contributed by atoms with Gasteiger partial charge in [0.25, 0.3) is 0 Å². The molecule has 86 valence electrons. The first kappa shape index (κ1) is 11.5. The molecule has 0 spiro atoms. The van der Waals surface area contributed by atoms with Gasteiger partial charge in [-0.15, -0.1) is 0 Å². The summed E-state index contributed by atoms with van der Waals surface area (Å²) < 4.78 is 0. The van der Waals surface area contributed by atoms with E-state index in [1.807, 2.05) is 43.3 Å². The van der Waals surface area contributed by atoms with E-state index in [4.69, 9.17) is 0 Å². The quantitative estimate of drug-likeness (QED) is 0.747. The minimum Gasteiger partial charge on any atom is -0.294 e. The number of carbonyl (C=O) groups excluding carboxylic acids is 1. The van der Waals surface area contributed by atoms with Crippen molar-refractivity contribution in [3.8, 4) is 0 Å². The maximum Gasteiger partial charge on any atom is 0.162 e. The van der Waals surface area contributed by atoms with Crippen molar-refractivity contribution in [1.82, 2.24) is 4.98 Å². The third-order valence-corrected chi connectivity index (χ3v) is 2.73. The van der Waals surface area contributed by atoms with Crippen LogP contribution in [0.1, 0.15) is 34.8 Å². The molecule has 1 aromatic carbocycles. The summed E-state index contributed by atoms with van der Waals surface area (Å²) in [5.74, 6) is 0.196. The molecule has 0 saturated carbocycles. The van der Waals surface area contributed by atoms with Crippen molar-refractivity contribution in [3.63, 3.8) is 0 Å². The molecule has 0 aliphatic heterocycles. The van der Waals surface area contributed by atoms with E-state index in [1.54, 1.807) is 12.4 Å².